The van der Waals surface area contributed by atoms with E-state index in [0.29, 0.717) is 19.4 Å². The first-order valence-corrected chi connectivity index (χ1v) is 12.3. The number of carbonyl (C=O) groups is 1. The number of sulfonamides is 1. The highest BCUT2D eigenvalue weighted by Gasteiger charge is 2.39. The molecule has 162 valence electrons. The van der Waals surface area contributed by atoms with Crippen LogP contribution in [0, 0.1) is 0 Å². The van der Waals surface area contributed by atoms with Gasteiger partial charge in [0.1, 0.15) is 16.0 Å². The number of para-hydroxylation sites is 1. The van der Waals surface area contributed by atoms with Gasteiger partial charge < -0.3 is 10.1 Å². The van der Waals surface area contributed by atoms with Crippen molar-refractivity contribution in [2.45, 2.75) is 29.6 Å². The highest BCUT2D eigenvalue weighted by molar-refractivity contribution is 7.91. The molecular weight excluding hydrogens is 432 g/mol. The van der Waals surface area contributed by atoms with Gasteiger partial charge in [-0.05, 0) is 47.0 Å². The molecule has 1 aromatic heterocycles. The van der Waals surface area contributed by atoms with Gasteiger partial charge in [0.2, 0.25) is 5.91 Å². The van der Waals surface area contributed by atoms with Crippen LogP contribution in [0.15, 0.2) is 70.3 Å². The van der Waals surface area contributed by atoms with Crippen molar-refractivity contribution in [3.05, 3.63) is 82.7 Å². The number of hydrogen-bond donors (Lipinski definition) is 1. The lowest BCUT2D eigenvalue weighted by molar-refractivity contribution is -0.125. The molecule has 31 heavy (non-hydrogen) atoms. The molecule has 2 heterocycles. The van der Waals surface area contributed by atoms with Crippen LogP contribution in [0.2, 0.25) is 0 Å². The summed E-state index contributed by atoms with van der Waals surface area (Å²) in [5, 5.41) is 4.66. The van der Waals surface area contributed by atoms with Gasteiger partial charge in [-0.3, -0.25) is 4.79 Å². The molecule has 1 N–H and O–H groups in total. The molecule has 1 atom stereocenters. The number of fused-ring (bicyclic) bond motifs is 1. The molecule has 6 nitrogen and oxygen atoms in total. The van der Waals surface area contributed by atoms with Crippen molar-refractivity contribution < 1.29 is 17.9 Å². The zero-order chi connectivity index (χ0) is 21.8. The average molecular weight is 457 g/mol. The molecule has 4 rings (SSSR count). The molecule has 0 aliphatic carbocycles. The summed E-state index contributed by atoms with van der Waals surface area (Å²) in [7, 11) is -2.16. The van der Waals surface area contributed by atoms with Gasteiger partial charge >= 0.3 is 0 Å². The fourth-order valence-electron chi connectivity index (χ4n) is 3.85. The molecule has 0 radical (unpaired) electrons. The predicted molar refractivity (Wildman–Crippen MR) is 121 cm³/mol. The molecule has 1 aliphatic rings. The highest BCUT2D eigenvalue weighted by Crippen LogP contribution is 2.31. The van der Waals surface area contributed by atoms with E-state index < -0.39 is 16.1 Å². The van der Waals surface area contributed by atoms with Gasteiger partial charge in [0.25, 0.3) is 10.0 Å². The van der Waals surface area contributed by atoms with Crippen LogP contribution < -0.4 is 10.1 Å². The van der Waals surface area contributed by atoms with Crippen LogP contribution in [0.5, 0.6) is 5.75 Å². The number of carbonyl (C=O) groups excluding carboxylic acids is 1. The Morgan fingerprint density at radius 3 is 2.58 bits per heavy atom. The number of thiophene rings is 1. The molecule has 1 aliphatic heterocycles. The van der Waals surface area contributed by atoms with Crippen molar-refractivity contribution in [3.8, 4) is 5.75 Å². The molecule has 0 spiro atoms. The SMILES string of the molecule is COc1ccccc1CCNC(=O)C1Cc2ccccc2CN1S(=O)(=O)c1cccs1. The fourth-order valence-corrected chi connectivity index (χ4v) is 6.53. The number of nitrogens with one attached hydrogen (secondary N) is 1. The van der Waals surface area contributed by atoms with Gasteiger partial charge in [0.05, 0.1) is 7.11 Å². The molecule has 2 aromatic carbocycles. The van der Waals surface area contributed by atoms with Crippen LogP contribution in [-0.2, 0) is 34.2 Å². The van der Waals surface area contributed by atoms with Gasteiger partial charge in [-0.2, -0.15) is 4.31 Å². The van der Waals surface area contributed by atoms with E-state index in [1.807, 2.05) is 48.5 Å². The third kappa shape index (κ3) is 4.51. The Labute approximate surface area is 186 Å². The van der Waals surface area contributed by atoms with Crippen molar-refractivity contribution in [1.82, 2.24) is 9.62 Å². The normalized spacial score (nSPS) is 16.5. The maximum absolute atomic E-state index is 13.3. The number of nitrogens with zero attached hydrogens (tertiary/aromatic N) is 1. The third-order valence-corrected chi connectivity index (χ3v) is 8.68. The van der Waals surface area contributed by atoms with E-state index in [1.165, 1.54) is 4.31 Å². The summed E-state index contributed by atoms with van der Waals surface area (Å²) < 4.78 is 33.5. The monoisotopic (exact) mass is 456 g/mol. The van der Waals surface area contributed by atoms with Crippen LogP contribution >= 0.6 is 11.3 Å². The van der Waals surface area contributed by atoms with E-state index in [0.717, 1.165) is 33.8 Å². The Balaban J connectivity index is 1.54. The van der Waals surface area contributed by atoms with Crippen molar-refractivity contribution in [2.75, 3.05) is 13.7 Å². The predicted octanol–water partition coefficient (Wildman–Crippen LogP) is 3.23. The van der Waals surface area contributed by atoms with E-state index in [-0.39, 0.29) is 16.7 Å². The number of rotatable bonds is 7. The average Bonchev–Trinajstić information content (AvgIpc) is 3.34. The number of amides is 1. The second-order valence-electron chi connectivity index (χ2n) is 7.32. The zero-order valence-electron chi connectivity index (χ0n) is 17.2. The summed E-state index contributed by atoms with van der Waals surface area (Å²) in [5.41, 5.74) is 2.92. The van der Waals surface area contributed by atoms with E-state index >= 15 is 0 Å². The summed E-state index contributed by atoms with van der Waals surface area (Å²) in [6.07, 6.45) is 0.942. The van der Waals surface area contributed by atoms with Crippen molar-refractivity contribution in [3.63, 3.8) is 0 Å². The highest BCUT2D eigenvalue weighted by atomic mass is 32.2. The topological polar surface area (TPSA) is 75.7 Å². The number of hydrogen-bond acceptors (Lipinski definition) is 5. The van der Waals surface area contributed by atoms with Gasteiger partial charge in [-0.25, -0.2) is 8.42 Å². The first-order valence-electron chi connectivity index (χ1n) is 10.0. The summed E-state index contributed by atoms with van der Waals surface area (Å²) >= 11 is 1.16. The van der Waals surface area contributed by atoms with Crippen LogP contribution in [0.3, 0.4) is 0 Å². The van der Waals surface area contributed by atoms with Gasteiger partial charge in [0, 0.05) is 13.1 Å². The minimum Gasteiger partial charge on any atom is -0.496 e. The van der Waals surface area contributed by atoms with Gasteiger partial charge in [-0.1, -0.05) is 48.5 Å². The molecule has 0 fully saturated rings. The molecular formula is C23H24N2O4S2. The van der Waals surface area contributed by atoms with Crippen LogP contribution in [0.25, 0.3) is 0 Å². The molecule has 3 aromatic rings. The Morgan fingerprint density at radius 1 is 1.10 bits per heavy atom. The maximum Gasteiger partial charge on any atom is 0.253 e. The first-order chi connectivity index (χ1) is 15.0. The minimum absolute atomic E-state index is 0.182. The summed E-state index contributed by atoms with van der Waals surface area (Å²) in [5.74, 6) is 0.481. The van der Waals surface area contributed by atoms with Crippen LogP contribution in [0.1, 0.15) is 16.7 Å². The lowest BCUT2D eigenvalue weighted by atomic mass is 9.95. The Morgan fingerprint density at radius 2 is 1.84 bits per heavy atom. The Hall–Kier alpha value is -2.68. The number of methoxy groups -OCH3 is 1. The number of ether oxygens (including phenoxy) is 1. The zero-order valence-corrected chi connectivity index (χ0v) is 18.8. The summed E-state index contributed by atoms with van der Waals surface area (Å²) in [6, 6.07) is 17.8. The molecule has 0 saturated carbocycles. The van der Waals surface area contributed by atoms with Crippen molar-refractivity contribution >= 4 is 27.3 Å². The molecule has 0 saturated heterocycles. The van der Waals surface area contributed by atoms with E-state index in [1.54, 1.807) is 24.6 Å². The second-order valence-corrected chi connectivity index (χ2v) is 10.4. The van der Waals surface area contributed by atoms with E-state index in [9.17, 15) is 13.2 Å². The summed E-state index contributed by atoms with van der Waals surface area (Å²) in [6.45, 7) is 0.575. The number of benzene rings is 2. The van der Waals surface area contributed by atoms with E-state index in [4.69, 9.17) is 4.74 Å². The quantitative estimate of drug-likeness (QED) is 0.592. The third-order valence-electron chi connectivity index (χ3n) is 5.45. The van der Waals surface area contributed by atoms with Gasteiger partial charge in [0.15, 0.2) is 0 Å². The molecule has 1 amide bonds. The fraction of sp³-hybridized carbons (Fsp3) is 0.261. The standard InChI is InChI=1S/C23H24N2O4S2/c1-29-21-10-5-4-7-17(21)12-13-24-23(26)20-15-18-8-2-3-9-19(18)16-25(20)31(27,28)22-11-6-14-30-22/h2-11,14,20H,12-13,15-16H2,1H3,(H,24,26). The smallest absolute Gasteiger partial charge is 0.253 e. The lowest BCUT2D eigenvalue weighted by Gasteiger charge is -2.34. The second kappa shape index (κ2) is 9.21. The Bertz CT molecular complexity index is 1160. The lowest BCUT2D eigenvalue weighted by Crippen LogP contribution is -2.52. The largest absolute Gasteiger partial charge is 0.496 e. The molecule has 1 unspecified atom stereocenters. The van der Waals surface area contributed by atoms with Crippen molar-refractivity contribution in [1.29, 1.82) is 0 Å². The van der Waals surface area contributed by atoms with Crippen molar-refractivity contribution in [2.24, 2.45) is 0 Å². The van der Waals surface area contributed by atoms with Gasteiger partial charge in [-0.15, -0.1) is 11.3 Å². The minimum atomic E-state index is -3.77. The van der Waals surface area contributed by atoms with Crippen LogP contribution in [0.4, 0.5) is 0 Å². The summed E-state index contributed by atoms with van der Waals surface area (Å²) in [4.78, 5) is 13.1. The Kier molecular flexibility index (Phi) is 6.41. The van der Waals surface area contributed by atoms with Crippen LogP contribution in [-0.4, -0.2) is 38.3 Å². The maximum atomic E-state index is 13.3. The molecule has 0 bridgehead atoms. The van der Waals surface area contributed by atoms with E-state index in [2.05, 4.69) is 5.32 Å². The first kappa shape index (κ1) is 21.5. The molecule has 8 heteroatoms.